The van der Waals surface area contributed by atoms with Gasteiger partial charge in [-0.2, -0.15) is 0 Å². The van der Waals surface area contributed by atoms with Gasteiger partial charge < -0.3 is 19.8 Å². The maximum atomic E-state index is 12.5. The Morgan fingerprint density at radius 3 is 2.42 bits per heavy atom. The second-order valence-corrected chi connectivity index (χ2v) is 9.34. The van der Waals surface area contributed by atoms with E-state index in [0.717, 1.165) is 41.2 Å². The molecule has 1 aliphatic rings. The largest absolute Gasteiger partial charge is 0.354 e. The number of aryl methyl sites for hydroxylation is 3. The van der Waals surface area contributed by atoms with E-state index >= 15 is 0 Å². The summed E-state index contributed by atoms with van der Waals surface area (Å²) in [6.07, 6.45) is 3.84. The van der Waals surface area contributed by atoms with Crippen molar-refractivity contribution in [2.45, 2.75) is 39.8 Å². The zero-order chi connectivity index (χ0) is 23.3. The first kappa shape index (κ1) is 21.4. The molecule has 0 amide bonds. The van der Waals surface area contributed by atoms with Gasteiger partial charge in [-0.05, 0) is 62.6 Å². The number of nitrogens with zero attached hydrogens (tertiary/aromatic N) is 4. The first-order chi connectivity index (χ1) is 15.8. The molecule has 0 unspecified atom stereocenters. The van der Waals surface area contributed by atoms with Crippen molar-refractivity contribution in [3.05, 3.63) is 64.2 Å². The zero-order valence-electron chi connectivity index (χ0n) is 19.8. The summed E-state index contributed by atoms with van der Waals surface area (Å²) in [5.41, 5.74) is 6.03. The van der Waals surface area contributed by atoms with E-state index in [1.165, 1.54) is 5.56 Å². The molecule has 2 N–H and O–H groups in total. The van der Waals surface area contributed by atoms with Crippen LogP contribution in [0.1, 0.15) is 25.0 Å². The van der Waals surface area contributed by atoms with E-state index in [9.17, 15) is 4.79 Å². The van der Waals surface area contributed by atoms with Crippen LogP contribution in [0, 0.1) is 13.8 Å². The second kappa shape index (κ2) is 8.15. The predicted octanol–water partition coefficient (Wildman–Crippen LogP) is 3.79. The molecular weight excluding hydrogens is 412 g/mol. The highest BCUT2D eigenvalue weighted by Crippen LogP contribution is 2.31. The Morgan fingerprint density at radius 2 is 1.73 bits per heavy atom. The van der Waals surface area contributed by atoms with Crippen LogP contribution in [-0.2, 0) is 7.05 Å². The minimum Gasteiger partial charge on any atom is -0.354 e. The number of H-pyrrole nitrogens is 1. The highest BCUT2D eigenvalue weighted by molar-refractivity contribution is 5.78. The Hall–Kier alpha value is -3.45. The summed E-state index contributed by atoms with van der Waals surface area (Å²) in [6, 6.07) is 11.1. The lowest BCUT2D eigenvalue weighted by atomic mass is 9.96. The van der Waals surface area contributed by atoms with E-state index in [0.29, 0.717) is 28.9 Å². The maximum Gasteiger partial charge on any atom is 0.260 e. The third-order valence-electron chi connectivity index (χ3n) is 6.50. The number of aromatic nitrogens is 4. The van der Waals surface area contributed by atoms with Crippen LogP contribution in [0.4, 0.5) is 5.82 Å². The molecule has 0 aliphatic carbocycles. The van der Waals surface area contributed by atoms with Crippen molar-refractivity contribution in [1.29, 1.82) is 0 Å². The topological polar surface area (TPSA) is 78.8 Å². The average molecular weight is 443 g/mol. The highest BCUT2D eigenvalue weighted by Gasteiger charge is 2.22. The molecule has 1 fully saturated rings. The Kier molecular flexibility index (Phi) is 5.29. The molecule has 0 spiro atoms. The Morgan fingerprint density at radius 1 is 1.00 bits per heavy atom. The summed E-state index contributed by atoms with van der Waals surface area (Å²) in [6.45, 7) is 10.6. The van der Waals surface area contributed by atoms with Crippen molar-refractivity contribution in [1.82, 2.24) is 24.8 Å². The van der Waals surface area contributed by atoms with Crippen LogP contribution in [0.5, 0.6) is 0 Å². The summed E-state index contributed by atoms with van der Waals surface area (Å²) >= 11 is 0. The maximum absolute atomic E-state index is 12.5. The van der Waals surface area contributed by atoms with Gasteiger partial charge in [0.1, 0.15) is 17.3 Å². The van der Waals surface area contributed by atoms with E-state index in [4.69, 9.17) is 4.98 Å². The number of anilines is 1. The molecule has 4 heterocycles. The van der Waals surface area contributed by atoms with E-state index in [1.54, 1.807) is 6.07 Å². The van der Waals surface area contributed by atoms with E-state index in [2.05, 4.69) is 66.1 Å². The number of pyridine rings is 1. The van der Waals surface area contributed by atoms with Gasteiger partial charge in [0.05, 0.1) is 5.39 Å². The summed E-state index contributed by atoms with van der Waals surface area (Å²) < 4.78 is 1.87. The Balaban J connectivity index is 1.47. The van der Waals surface area contributed by atoms with Gasteiger partial charge in [0.2, 0.25) is 0 Å². The van der Waals surface area contributed by atoms with Crippen LogP contribution in [0.25, 0.3) is 33.5 Å². The molecule has 1 aromatic carbocycles. The van der Waals surface area contributed by atoms with Crippen molar-refractivity contribution < 1.29 is 0 Å². The van der Waals surface area contributed by atoms with Gasteiger partial charge in [-0.15, -0.1) is 0 Å². The summed E-state index contributed by atoms with van der Waals surface area (Å²) in [4.78, 5) is 27.3. The zero-order valence-corrected chi connectivity index (χ0v) is 19.8. The van der Waals surface area contributed by atoms with Crippen LogP contribution in [0.3, 0.4) is 0 Å². The van der Waals surface area contributed by atoms with Crippen molar-refractivity contribution in [2.24, 2.45) is 7.05 Å². The van der Waals surface area contributed by atoms with Crippen LogP contribution >= 0.6 is 0 Å². The third kappa shape index (κ3) is 3.93. The number of benzene rings is 1. The van der Waals surface area contributed by atoms with Crippen LogP contribution in [0.2, 0.25) is 0 Å². The molecule has 0 saturated carbocycles. The van der Waals surface area contributed by atoms with E-state index in [1.807, 2.05) is 30.1 Å². The van der Waals surface area contributed by atoms with Crippen LogP contribution in [-0.4, -0.2) is 44.7 Å². The fraction of sp³-hybridized carbons (Fsp3) is 0.346. The van der Waals surface area contributed by atoms with Gasteiger partial charge in [0.15, 0.2) is 0 Å². The fourth-order valence-electron chi connectivity index (χ4n) is 4.91. The van der Waals surface area contributed by atoms with Crippen molar-refractivity contribution in [3.63, 3.8) is 0 Å². The van der Waals surface area contributed by atoms with E-state index in [-0.39, 0.29) is 5.56 Å². The first-order valence-corrected chi connectivity index (χ1v) is 11.4. The molecule has 7 heteroatoms. The fourth-order valence-corrected chi connectivity index (χ4v) is 4.91. The van der Waals surface area contributed by atoms with Gasteiger partial charge in [-0.1, -0.05) is 12.1 Å². The number of aromatic amines is 1. The van der Waals surface area contributed by atoms with Crippen LogP contribution in [0.15, 0.2) is 47.5 Å². The second-order valence-electron chi connectivity index (χ2n) is 9.34. The Bertz CT molecular complexity index is 1390. The number of piperazine rings is 1. The SMILES string of the molecule is Cc1cc(-c2nc3c(ccn3C)c(=O)[nH]2)ccc1-c1cnc(N2C[C@@H](C)N[C@@H](C)C2)cc1C. The molecule has 1 saturated heterocycles. The summed E-state index contributed by atoms with van der Waals surface area (Å²) in [5.74, 6) is 1.61. The summed E-state index contributed by atoms with van der Waals surface area (Å²) in [5, 5.41) is 4.18. The highest BCUT2D eigenvalue weighted by atomic mass is 16.1. The minimum absolute atomic E-state index is 0.121. The molecular formula is C26H30N6O. The van der Waals surface area contributed by atoms with E-state index < -0.39 is 0 Å². The normalized spacial score (nSPS) is 18.8. The molecule has 4 aromatic rings. The number of nitrogens with one attached hydrogen (secondary N) is 2. The molecule has 1 aliphatic heterocycles. The van der Waals surface area contributed by atoms with Gasteiger partial charge in [0.25, 0.3) is 5.56 Å². The standard InChI is InChI=1S/C26H30N6O/c1-15-10-19(24-29-25-21(26(33)30-24)8-9-31(25)5)6-7-20(15)22-12-27-23(11-16(22)2)32-13-17(3)28-18(4)14-32/h6-12,17-18,28H,13-14H2,1-5H3,(H,29,30,33)/t17-,18+. The number of fused-ring (bicyclic) bond motifs is 1. The van der Waals surface area contributed by atoms with Gasteiger partial charge in [-0.25, -0.2) is 9.97 Å². The van der Waals surface area contributed by atoms with Crippen molar-refractivity contribution >= 4 is 16.9 Å². The molecule has 3 aromatic heterocycles. The van der Waals surface area contributed by atoms with Crippen LogP contribution < -0.4 is 15.8 Å². The molecule has 5 rings (SSSR count). The monoisotopic (exact) mass is 442 g/mol. The lowest BCUT2D eigenvalue weighted by molar-refractivity contribution is 0.405. The molecule has 33 heavy (non-hydrogen) atoms. The minimum atomic E-state index is -0.121. The first-order valence-electron chi connectivity index (χ1n) is 11.4. The molecule has 0 bridgehead atoms. The van der Waals surface area contributed by atoms with Crippen molar-refractivity contribution in [2.75, 3.05) is 18.0 Å². The predicted molar refractivity (Wildman–Crippen MR) is 134 cm³/mol. The number of rotatable bonds is 3. The molecule has 2 atom stereocenters. The lowest BCUT2D eigenvalue weighted by Gasteiger charge is -2.37. The smallest absolute Gasteiger partial charge is 0.260 e. The molecule has 0 radical (unpaired) electrons. The van der Waals surface area contributed by atoms with Crippen molar-refractivity contribution in [3.8, 4) is 22.5 Å². The molecule has 170 valence electrons. The lowest BCUT2D eigenvalue weighted by Crippen LogP contribution is -2.54. The van der Waals surface area contributed by atoms with Gasteiger partial charge in [0, 0.05) is 55.7 Å². The third-order valence-corrected chi connectivity index (χ3v) is 6.50. The molecule has 7 nitrogen and oxygen atoms in total. The number of hydrogen-bond donors (Lipinski definition) is 2. The van der Waals surface area contributed by atoms with Gasteiger partial charge in [-0.3, -0.25) is 4.79 Å². The average Bonchev–Trinajstić information content (AvgIpc) is 3.14. The summed E-state index contributed by atoms with van der Waals surface area (Å²) in [7, 11) is 1.90. The quantitative estimate of drug-likeness (QED) is 0.505. The Labute approximate surface area is 193 Å². The van der Waals surface area contributed by atoms with Gasteiger partial charge >= 0.3 is 0 Å². The number of hydrogen-bond acceptors (Lipinski definition) is 5.